The van der Waals surface area contributed by atoms with Crippen LogP contribution >= 0.6 is 0 Å². The molecule has 1 heteroatoms. The Morgan fingerprint density at radius 3 is 2.75 bits per heavy atom. The lowest BCUT2D eigenvalue weighted by Crippen LogP contribution is -2.15. The van der Waals surface area contributed by atoms with E-state index in [0.717, 1.165) is 34.2 Å². The molecule has 0 heterocycles. The molecule has 0 aromatic heterocycles. The molecule has 0 N–H and O–H groups in total. The van der Waals surface area contributed by atoms with E-state index in [2.05, 4.69) is 6.07 Å². The second kappa shape index (κ2) is 3.31. The SMILES string of the molecule is Cc1[c]c2c(cc1)Cc1ccccc1C2=O. The summed E-state index contributed by atoms with van der Waals surface area (Å²) < 4.78 is 0. The van der Waals surface area contributed by atoms with Crippen LogP contribution in [0.3, 0.4) is 0 Å². The summed E-state index contributed by atoms with van der Waals surface area (Å²) in [7, 11) is 0. The summed E-state index contributed by atoms with van der Waals surface area (Å²) in [6, 6.07) is 15.0. The van der Waals surface area contributed by atoms with Gasteiger partial charge in [0.25, 0.3) is 0 Å². The molecule has 0 fully saturated rings. The third kappa shape index (κ3) is 1.28. The lowest BCUT2D eigenvalue weighted by atomic mass is 9.84. The minimum atomic E-state index is 0.112. The van der Waals surface area contributed by atoms with E-state index in [-0.39, 0.29) is 5.78 Å². The highest BCUT2D eigenvalue weighted by molar-refractivity contribution is 6.12. The third-order valence-electron chi connectivity index (χ3n) is 3.05. The molecule has 0 bridgehead atoms. The van der Waals surface area contributed by atoms with Crippen molar-refractivity contribution in [2.24, 2.45) is 0 Å². The smallest absolute Gasteiger partial charge is 0.194 e. The van der Waals surface area contributed by atoms with E-state index in [4.69, 9.17) is 0 Å². The Kier molecular flexibility index (Phi) is 1.93. The monoisotopic (exact) mass is 207 g/mol. The Morgan fingerprint density at radius 1 is 1.06 bits per heavy atom. The van der Waals surface area contributed by atoms with Gasteiger partial charge >= 0.3 is 0 Å². The summed E-state index contributed by atoms with van der Waals surface area (Å²) >= 11 is 0. The van der Waals surface area contributed by atoms with Gasteiger partial charge in [0, 0.05) is 11.1 Å². The molecule has 1 aliphatic rings. The predicted octanol–water partition coefficient (Wildman–Crippen LogP) is 2.93. The summed E-state index contributed by atoms with van der Waals surface area (Å²) in [5.41, 5.74) is 4.81. The van der Waals surface area contributed by atoms with Crippen molar-refractivity contribution in [3.8, 4) is 0 Å². The number of carbonyl (C=O) groups is 1. The van der Waals surface area contributed by atoms with E-state index in [9.17, 15) is 4.79 Å². The first kappa shape index (κ1) is 9.34. The molecule has 0 saturated heterocycles. The average Bonchev–Trinajstić information content (AvgIpc) is 2.31. The second-order valence-electron chi connectivity index (χ2n) is 4.20. The fraction of sp³-hybridized carbons (Fsp3) is 0.133. The quantitative estimate of drug-likeness (QED) is 0.554. The van der Waals surface area contributed by atoms with Crippen molar-refractivity contribution in [2.75, 3.05) is 0 Å². The molecule has 3 rings (SSSR count). The van der Waals surface area contributed by atoms with Gasteiger partial charge in [-0.2, -0.15) is 0 Å². The van der Waals surface area contributed by atoms with Gasteiger partial charge in [-0.1, -0.05) is 36.4 Å². The maximum Gasteiger partial charge on any atom is 0.194 e. The number of ketones is 1. The number of hydrogen-bond acceptors (Lipinski definition) is 1. The molecule has 0 aliphatic heterocycles. The van der Waals surface area contributed by atoms with Gasteiger partial charge in [-0.3, -0.25) is 4.79 Å². The fourth-order valence-corrected chi connectivity index (χ4v) is 2.21. The van der Waals surface area contributed by atoms with E-state index >= 15 is 0 Å². The zero-order valence-electron chi connectivity index (χ0n) is 9.08. The summed E-state index contributed by atoms with van der Waals surface area (Å²) in [6.45, 7) is 1.97. The Morgan fingerprint density at radius 2 is 1.88 bits per heavy atom. The molecule has 1 radical (unpaired) electrons. The Hall–Kier alpha value is -1.89. The van der Waals surface area contributed by atoms with Crippen LogP contribution in [0, 0.1) is 13.0 Å². The van der Waals surface area contributed by atoms with Crippen LogP contribution in [-0.4, -0.2) is 5.78 Å². The van der Waals surface area contributed by atoms with Gasteiger partial charge in [-0.15, -0.1) is 0 Å². The van der Waals surface area contributed by atoms with Crippen LogP contribution < -0.4 is 0 Å². The number of rotatable bonds is 0. The van der Waals surface area contributed by atoms with Gasteiger partial charge in [0.05, 0.1) is 0 Å². The van der Waals surface area contributed by atoms with Crippen LogP contribution in [0.5, 0.6) is 0 Å². The third-order valence-corrected chi connectivity index (χ3v) is 3.05. The molecule has 0 saturated carbocycles. The van der Waals surface area contributed by atoms with Crippen molar-refractivity contribution >= 4 is 5.78 Å². The minimum Gasteiger partial charge on any atom is -0.289 e. The molecule has 1 nitrogen and oxygen atoms in total. The molecular formula is C15H11O. The van der Waals surface area contributed by atoms with Crippen molar-refractivity contribution < 1.29 is 4.79 Å². The van der Waals surface area contributed by atoms with Gasteiger partial charge in [0.2, 0.25) is 0 Å². The fourth-order valence-electron chi connectivity index (χ4n) is 2.21. The van der Waals surface area contributed by atoms with Crippen molar-refractivity contribution in [1.29, 1.82) is 0 Å². The number of fused-ring (bicyclic) bond motifs is 2. The standard InChI is InChI=1S/C15H11O/c1-10-6-7-12-9-11-4-2-3-5-13(11)15(16)14(12)8-10/h2-7H,9H2,1H3. The largest absolute Gasteiger partial charge is 0.289 e. The van der Waals surface area contributed by atoms with Gasteiger partial charge < -0.3 is 0 Å². The molecule has 16 heavy (non-hydrogen) atoms. The summed E-state index contributed by atoms with van der Waals surface area (Å²) in [5.74, 6) is 0.112. The van der Waals surface area contributed by atoms with E-state index in [0.29, 0.717) is 0 Å². The molecule has 0 spiro atoms. The zero-order chi connectivity index (χ0) is 11.1. The van der Waals surface area contributed by atoms with Crippen molar-refractivity contribution in [3.63, 3.8) is 0 Å². The Bertz CT molecular complexity index is 582. The molecule has 77 valence electrons. The number of aryl methyl sites for hydroxylation is 1. The highest BCUT2D eigenvalue weighted by Gasteiger charge is 2.22. The number of hydrogen-bond donors (Lipinski definition) is 0. The average molecular weight is 207 g/mol. The molecule has 0 unspecified atom stereocenters. The second-order valence-corrected chi connectivity index (χ2v) is 4.20. The lowest BCUT2D eigenvalue weighted by molar-refractivity contribution is 0.103. The Balaban J connectivity index is 2.23. The van der Waals surface area contributed by atoms with Crippen LogP contribution in [0.15, 0.2) is 36.4 Å². The molecule has 2 aromatic carbocycles. The summed E-state index contributed by atoms with van der Waals surface area (Å²) in [6.07, 6.45) is 0.841. The predicted molar refractivity (Wildman–Crippen MR) is 62.7 cm³/mol. The van der Waals surface area contributed by atoms with Gasteiger partial charge in [-0.05, 0) is 36.1 Å². The molecule has 1 aliphatic carbocycles. The van der Waals surface area contributed by atoms with E-state index in [1.54, 1.807) is 0 Å². The maximum absolute atomic E-state index is 12.2. The molecule has 0 atom stereocenters. The zero-order valence-corrected chi connectivity index (χ0v) is 9.08. The van der Waals surface area contributed by atoms with Crippen LogP contribution in [0.2, 0.25) is 0 Å². The van der Waals surface area contributed by atoms with E-state index < -0.39 is 0 Å². The van der Waals surface area contributed by atoms with Crippen LogP contribution in [-0.2, 0) is 6.42 Å². The van der Waals surface area contributed by atoms with Gasteiger partial charge in [0.15, 0.2) is 5.78 Å². The first-order valence-electron chi connectivity index (χ1n) is 5.40. The van der Waals surface area contributed by atoms with E-state index in [1.165, 1.54) is 0 Å². The number of benzene rings is 2. The summed E-state index contributed by atoms with van der Waals surface area (Å²) in [4.78, 5) is 12.2. The number of carbonyl (C=O) groups excluding carboxylic acids is 1. The minimum absolute atomic E-state index is 0.112. The summed E-state index contributed by atoms with van der Waals surface area (Å²) in [5, 5.41) is 0. The highest BCUT2D eigenvalue weighted by Crippen LogP contribution is 2.26. The van der Waals surface area contributed by atoms with Crippen LogP contribution in [0.25, 0.3) is 0 Å². The first-order chi connectivity index (χ1) is 7.75. The lowest BCUT2D eigenvalue weighted by Gasteiger charge is -2.18. The van der Waals surface area contributed by atoms with Crippen molar-refractivity contribution in [2.45, 2.75) is 13.3 Å². The topological polar surface area (TPSA) is 17.1 Å². The van der Waals surface area contributed by atoms with Gasteiger partial charge in [-0.25, -0.2) is 0 Å². The van der Waals surface area contributed by atoms with Crippen LogP contribution in [0.1, 0.15) is 32.6 Å². The normalized spacial score (nSPS) is 13.2. The van der Waals surface area contributed by atoms with Gasteiger partial charge in [0.1, 0.15) is 0 Å². The van der Waals surface area contributed by atoms with E-state index in [1.807, 2.05) is 43.3 Å². The van der Waals surface area contributed by atoms with Crippen LogP contribution in [0.4, 0.5) is 0 Å². The maximum atomic E-state index is 12.2. The molecular weight excluding hydrogens is 196 g/mol. The van der Waals surface area contributed by atoms with Crippen molar-refractivity contribution in [3.05, 3.63) is 70.3 Å². The first-order valence-corrected chi connectivity index (χ1v) is 5.40. The highest BCUT2D eigenvalue weighted by atomic mass is 16.1. The molecule has 2 aromatic rings. The Labute approximate surface area is 94.7 Å². The molecule has 0 amide bonds. The van der Waals surface area contributed by atoms with Crippen molar-refractivity contribution in [1.82, 2.24) is 0 Å².